The normalized spacial score (nSPS) is 10.9. The minimum absolute atomic E-state index is 0.00850. The Bertz CT molecular complexity index is 903. The quantitative estimate of drug-likeness (QED) is 0.481. The summed E-state index contributed by atoms with van der Waals surface area (Å²) >= 11 is 1.35. The Balaban J connectivity index is 1.59. The number of ether oxygens (including phenoxy) is 3. The Morgan fingerprint density at radius 2 is 1.71 bits per heavy atom. The van der Waals surface area contributed by atoms with Crippen LogP contribution < -0.4 is 14.2 Å². The summed E-state index contributed by atoms with van der Waals surface area (Å²) in [6.07, 6.45) is 0.519. The second-order valence-corrected chi connectivity index (χ2v) is 6.57. The molecule has 0 aliphatic rings. The minimum Gasteiger partial charge on any atom is -0.497 e. The van der Waals surface area contributed by atoms with Crippen LogP contribution in [0.5, 0.6) is 17.2 Å². The summed E-state index contributed by atoms with van der Waals surface area (Å²) in [5.74, 6) is 2.03. The molecule has 148 valence electrons. The SMILES string of the molecule is COc1ccc(Cc2nnc(SCc3ccc(OC(F)F)c(OC)c3)o2)cc1. The van der Waals surface area contributed by atoms with Gasteiger partial charge in [0.2, 0.25) is 5.89 Å². The molecule has 0 saturated carbocycles. The van der Waals surface area contributed by atoms with Gasteiger partial charge in [-0.05, 0) is 35.4 Å². The van der Waals surface area contributed by atoms with Crippen LogP contribution in [0.15, 0.2) is 52.1 Å². The van der Waals surface area contributed by atoms with Crippen molar-refractivity contribution in [2.45, 2.75) is 24.0 Å². The molecule has 0 spiro atoms. The molecule has 0 aliphatic carbocycles. The van der Waals surface area contributed by atoms with Crippen LogP contribution in [-0.2, 0) is 12.2 Å². The van der Waals surface area contributed by atoms with Gasteiger partial charge in [0.1, 0.15) is 5.75 Å². The molecule has 9 heteroatoms. The lowest BCUT2D eigenvalue weighted by Gasteiger charge is -2.10. The number of thioether (sulfide) groups is 1. The third-order valence-electron chi connectivity index (χ3n) is 3.77. The van der Waals surface area contributed by atoms with Gasteiger partial charge in [0.05, 0.1) is 20.6 Å². The molecule has 0 bridgehead atoms. The summed E-state index contributed by atoms with van der Waals surface area (Å²) in [5, 5.41) is 8.50. The van der Waals surface area contributed by atoms with E-state index in [9.17, 15) is 8.78 Å². The molecule has 1 heterocycles. The average Bonchev–Trinajstić information content (AvgIpc) is 3.14. The number of aromatic nitrogens is 2. The molecule has 0 amide bonds. The molecular formula is C19H18F2N2O4S. The van der Waals surface area contributed by atoms with Crippen molar-refractivity contribution in [1.29, 1.82) is 0 Å². The highest BCUT2D eigenvalue weighted by atomic mass is 32.2. The summed E-state index contributed by atoms with van der Waals surface area (Å²) in [7, 11) is 3.01. The molecule has 0 saturated heterocycles. The van der Waals surface area contributed by atoms with Crippen LogP contribution in [0.2, 0.25) is 0 Å². The van der Waals surface area contributed by atoms with Crippen LogP contribution in [0.1, 0.15) is 17.0 Å². The predicted molar refractivity (Wildman–Crippen MR) is 99.3 cm³/mol. The number of nitrogens with zero attached hydrogens (tertiary/aromatic N) is 2. The van der Waals surface area contributed by atoms with Crippen LogP contribution in [0.25, 0.3) is 0 Å². The standard InChI is InChI=1S/C19H18F2N2O4S/c1-24-14-6-3-12(4-7-14)10-17-22-23-19(27-17)28-11-13-5-8-15(26-18(20)21)16(9-13)25-2/h3-9,18H,10-11H2,1-2H3. The number of halogens is 2. The largest absolute Gasteiger partial charge is 0.497 e. The third-order valence-corrected chi connectivity index (χ3v) is 4.66. The van der Waals surface area contributed by atoms with Gasteiger partial charge in [-0.1, -0.05) is 30.0 Å². The maximum Gasteiger partial charge on any atom is 0.387 e. The molecular weight excluding hydrogens is 390 g/mol. The fourth-order valence-electron chi connectivity index (χ4n) is 2.43. The van der Waals surface area contributed by atoms with Crippen molar-refractivity contribution in [3.8, 4) is 17.2 Å². The van der Waals surface area contributed by atoms with Crippen molar-refractivity contribution in [1.82, 2.24) is 10.2 Å². The van der Waals surface area contributed by atoms with E-state index in [0.717, 1.165) is 16.9 Å². The molecule has 0 radical (unpaired) electrons. The van der Waals surface area contributed by atoms with Crippen LogP contribution in [0.4, 0.5) is 8.78 Å². The lowest BCUT2D eigenvalue weighted by Crippen LogP contribution is -2.03. The molecule has 0 fully saturated rings. The van der Waals surface area contributed by atoms with Gasteiger partial charge in [-0.2, -0.15) is 8.78 Å². The molecule has 1 aromatic heterocycles. The highest BCUT2D eigenvalue weighted by Gasteiger charge is 2.13. The Hall–Kier alpha value is -2.81. The minimum atomic E-state index is -2.91. The summed E-state index contributed by atoms with van der Waals surface area (Å²) in [5.41, 5.74) is 1.87. The number of methoxy groups -OCH3 is 2. The van der Waals surface area contributed by atoms with Crippen LogP contribution in [-0.4, -0.2) is 31.0 Å². The van der Waals surface area contributed by atoms with E-state index >= 15 is 0 Å². The second kappa shape index (κ2) is 9.41. The first-order valence-corrected chi connectivity index (χ1v) is 9.25. The third kappa shape index (κ3) is 5.35. The molecule has 3 aromatic rings. The van der Waals surface area contributed by atoms with E-state index in [1.165, 1.54) is 24.9 Å². The van der Waals surface area contributed by atoms with Crippen molar-refractivity contribution in [2.75, 3.05) is 14.2 Å². The van der Waals surface area contributed by atoms with E-state index in [0.29, 0.717) is 23.3 Å². The average molecular weight is 408 g/mol. The maximum absolute atomic E-state index is 12.4. The topological polar surface area (TPSA) is 66.6 Å². The van der Waals surface area contributed by atoms with Crippen LogP contribution in [0.3, 0.4) is 0 Å². The lowest BCUT2D eigenvalue weighted by atomic mass is 10.1. The van der Waals surface area contributed by atoms with Crippen LogP contribution in [0, 0.1) is 0 Å². The van der Waals surface area contributed by atoms with E-state index in [2.05, 4.69) is 14.9 Å². The Kier molecular flexibility index (Phi) is 6.70. The van der Waals surface area contributed by atoms with Crippen molar-refractivity contribution in [2.24, 2.45) is 0 Å². The fraction of sp³-hybridized carbons (Fsp3) is 0.263. The van der Waals surface area contributed by atoms with Gasteiger partial charge in [0.15, 0.2) is 11.5 Å². The molecule has 0 aliphatic heterocycles. The van der Waals surface area contributed by atoms with Gasteiger partial charge in [-0.3, -0.25) is 0 Å². The number of rotatable bonds is 9. The molecule has 0 atom stereocenters. The second-order valence-electron chi connectivity index (χ2n) is 5.64. The molecule has 3 rings (SSSR count). The van der Waals surface area contributed by atoms with E-state index in [1.54, 1.807) is 19.2 Å². The zero-order valence-corrected chi connectivity index (χ0v) is 16.0. The van der Waals surface area contributed by atoms with Crippen molar-refractivity contribution >= 4 is 11.8 Å². The monoisotopic (exact) mass is 408 g/mol. The Labute approximate surface area is 164 Å². The van der Waals surface area contributed by atoms with Crippen molar-refractivity contribution in [3.05, 3.63) is 59.5 Å². The van der Waals surface area contributed by atoms with Gasteiger partial charge in [-0.15, -0.1) is 10.2 Å². The highest BCUT2D eigenvalue weighted by Crippen LogP contribution is 2.32. The first-order valence-electron chi connectivity index (χ1n) is 8.27. The Morgan fingerprint density at radius 3 is 2.39 bits per heavy atom. The molecule has 0 N–H and O–H groups in total. The predicted octanol–water partition coefficient (Wildman–Crippen LogP) is 4.57. The number of benzene rings is 2. The van der Waals surface area contributed by atoms with E-state index in [4.69, 9.17) is 13.9 Å². The van der Waals surface area contributed by atoms with Gasteiger partial charge in [0.25, 0.3) is 5.22 Å². The number of hydrogen-bond acceptors (Lipinski definition) is 7. The smallest absolute Gasteiger partial charge is 0.387 e. The van der Waals surface area contributed by atoms with Gasteiger partial charge in [-0.25, -0.2) is 0 Å². The number of hydrogen-bond donors (Lipinski definition) is 0. The van der Waals surface area contributed by atoms with Crippen molar-refractivity contribution in [3.63, 3.8) is 0 Å². The first kappa shape index (κ1) is 19.9. The summed E-state index contributed by atoms with van der Waals surface area (Å²) in [4.78, 5) is 0. The van der Waals surface area contributed by atoms with Gasteiger partial charge >= 0.3 is 6.61 Å². The highest BCUT2D eigenvalue weighted by molar-refractivity contribution is 7.98. The van der Waals surface area contributed by atoms with Crippen LogP contribution >= 0.6 is 11.8 Å². The zero-order chi connectivity index (χ0) is 19.9. The number of alkyl halides is 2. The summed E-state index contributed by atoms with van der Waals surface area (Å²) in [6.45, 7) is -2.91. The molecule has 0 unspecified atom stereocenters. The first-order chi connectivity index (χ1) is 13.6. The Morgan fingerprint density at radius 1 is 0.964 bits per heavy atom. The van der Waals surface area contributed by atoms with Gasteiger partial charge < -0.3 is 18.6 Å². The van der Waals surface area contributed by atoms with Crippen molar-refractivity contribution < 1.29 is 27.4 Å². The van der Waals surface area contributed by atoms with Gasteiger partial charge in [0, 0.05) is 5.75 Å². The van der Waals surface area contributed by atoms with E-state index < -0.39 is 6.61 Å². The fourth-order valence-corrected chi connectivity index (χ4v) is 3.15. The molecule has 28 heavy (non-hydrogen) atoms. The summed E-state index contributed by atoms with van der Waals surface area (Å²) in [6, 6.07) is 12.4. The zero-order valence-electron chi connectivity index (χ0n) is 15.2. The lowest BCUT2D eigenvalue weighted by molar-refractivity contribution is -0.0512. The van der Waals surface area contributed by atoms with E-state index in [1.807, 2.05) is 24.3 Å². The summed E-state index contributed by atoms with van der Waals surface area (Å²) < 4.78 is 45.1. The molecule has 2 aromatic carbocycles. The maximum atomic E-state index is 12.4. The van der Waals surface area contributed by atoms with E-state index in [-0.39, 0.29) is 11.5 Å². The molecule has 6 nitrogen and oxygen atoms in total.